The lowest BCUT2D eigenvalue weighted by Crippen LogP contribution is -2.32. The Morgan fingerprint density at radius 1 is 1.38 bits per heavy atom. The van der Waals surface area contributed by atoms with Crippen LogP contribution in [-0.4, -0.2) is 51.1 Å². The van der Waals surface area contributed by atoms with Crippen LogP contribution in [0.5, 0.6) is 0 Å². The van der Waals surface area contributed by atoms with Gasteiger partial charge in [-0.1, -0.05) is 0 Å². The van der Waals surface area contributed by atoms with Gasteiger partial charge in [-0.3, -0.25) is 9.59 Å². The summed E-state index contributed by atoms with van der Waals surface area (Å²) in [7, 11) is 5.08. The molecule has 13 heavy (non-hydrogen) atoms. The molecule has 0 aliphatic rings. The van der Waals surface area contributed by atoms with Crippen molar-refractivity contribution in [1.29, 1.82) is 0 Å². The normalized spacial score (nSPS) is 9.85. The topological polar surface area (TPSA) is 58.6 Å². The number of ether oxygens (including phenoxy) is 1. The molecule has 76 valence electrons. The molecule has 1 N–H and O–H groups in total. The number of carbonyl (C=O) groups excluding carboxylic acids is 2. The molecule has 0 rings (SSSR count). The maximum atomic E-state index is 11.0. The highest BCUT2D eigenvalue weighted by Gasteiger charge is 2.07. The third-order valence-electron chi connectivity index (χ3n) is 1.41. The van der Waals surface area contributed by atoms with E-state index in [-0.39, 0.29) is 12.3 Å². The van der Waals surface area contributed by atoms with E-state index >= 15 is 0 Å². The minimum Gasteiger partial charge on any atom is -0.469 e. The lowest BCUT2D eigenvalue weighted by molar-refractivity contribution is -0.143. The van der Waals surface area contributed by atoms with Crippen LogP contribution < -0.4 is 5.32 Å². The molecule has 0 spiro atoms. The number of carbonyl (C=O) groups is 2. The molecule has 0 fully saturated rings. The Bertz CT molecular complexity index is 180. The van der Waals surface area contributed by atoms with Crippen molar-refractivity contribution in [2.45, 2.75) is 6.42 Å². The molecule has 0 bridgehead atoms. The van der Waals surface area contributed by atoms with Crippen molar-refractivity contribution in [3.8, 4) is 0 Å². The smallest absolute Gasteiger partial charge is 0.315 e. The third kappa shape index (κ3) is 7.27. The van der Waals surface area contributed by atoms with Gasteiger partial charge in [0.05, 0.1) is 7.11 Å². The van der Waals surface area contributed by atoms with Crippen LogP contribution in [0.4, 0.5) is 0 Å². The SMILES string of the molecule is COC(=O)CC(=O)NCCN(C)C. The highest BCUT2D eigenvalue weighted by Crippen LogP contribution is 1.83. The average molecular weight is 188 g/mol. The van der Waals surface area contributed by atoms with Crippen LogP contribution in [0.1, 0.15) is 6.42 Å². The van der Waals surface area contributed by atoms with Crippen LogP contribution in [0.15, 0.2) is 0 Å². The van der Waals surface area contributed by atoms with E-state index in [1.54, 1.807) is 0 Å². The zero-order chi connectivity index (χ0) is 10.3. The first-order valence-electron chi connectivity index (χ1n) is 4.04. The Balaban J connectivity index is 3.46. The molecule has 5 nitrogen and oxygen atoms in total. The predicted molar refractivity (Wildman–Crippen MR) is 48.2 cm³/mol. The molecule has 0 aromatic rings. The van der Waals surface area contributed by atoms with Gasteiger partial charge >= 0.3 is 5.97 Å². The summed E-state index contributed by atoms with van der Waals surface area (Å²) >= 11 is 0. The van der Waals surface area contributed by atoms with Crippen molar-refractivity contribution in [1.82, 2.24) is 10.2 Å². The fourth-order valence-electron chi connectivity index (χ4n) is 0.685. The van der Waals surface area contributed by atoms with Crippen molar-refractivity contribution in [2.75, 3.05) is 34.3 Å². The van der Waals surface area contributed by atoms with Gasteiger partial charge in [0.2, 0.25) is 5.91 Å². The van der Waals surface area contributed by atoms with Crippen molar-refractivity contribution >= 4 is 11.9 Å². The molecule has 0 heterocycles. The molecule has 0 aromatic carbocycles. The van der Waals surface area contributed by atoms with Crippen molar-refractivity contribution < 1.29 is 14.3 Å². The van der Waals surface area contributed by atoms with Gasteiger partial charge in [-0.2, -0.15) is 0 Å². The number of amides is 1. The quantitative estimate of drug-likeness (QED) is 0.454. The van der Waals surface area contributed by atoms with Crippen LogP contribution in [0.25, 0.3) is 0 Å². The van der Waals surface area contributed by atoms with Crippen LogP contribution in [0, 0.1) is 0 Å². The fourth-order valence-corrected chi connectivity index (χ4v) is 0.685. The molecular weight excluding hydrogens is 172 g/mol. The minimum absolute atomic E-state index is 0.204. The zero-order valence-corrected chi connectivity index (χ0v) is 8.29. The first kappa shape index (κ1) is 11.9. The average Bonchev–Trinajstić information content (AvgIpc) is 2.03. The van der Waals surface area contributed by atoms with Crippen LogP contribution in [-0.2, 0) is 14.3 Å². The van der Waals surface area contributed by atoms with E-state index in [4.69, 9.17) is 0 Å². The lowest BCUT2D eigenvalue weighted by Gasteiger charge is -2.09. The zero-order valence-electron chi connectivity index (χ0n) is 8.29. The second kappa shape index (κ2) is 6.42. The van der Waals surface area contributed by atoms with Crippen LogP contribution in [0.2, 0.25) is 0 Å². The maximum Gasteiger partial charge on any atom is 0.315 e. The first-order chi connectivity index (χ1) is 6.06. The second-order valence-electron chi connectivity index (χ2n) is 2.91. The van der Waals surface area contributed by atoms with E-state index < -0.39 is 5.97 Å². The molecule has 0 radical (unpaired) electrons. The summed E-state index contributed by atoms with van der Waals surface area (Å²) in [5.74, 6) is -0.809. The summed E-state index contributed by atoms with van der Waals surface area (Å²) in [6, 6.07) is 0. The summed E-state index contributed by atoms with van der Waals surface area (Å²) in [5.41, 5.74) is 0. The first-order valence-corrected chi connectivity index (χ1v) is 4.04. The Morgan fingerprint density at radius 3 is 2.46 bits per heavy atom. The van der Waals surface area contributed by atoms with E-state index in [1.807, 2.05) is 19.0 Å². The number of likely N-dealkylation sites (N-methyl/N-ethyl adjacent to an activating group) is 1. The van der Waals surface area contributed by atoms with E-state index in [0.717, 1.165) is 6.54 Å². The molecule has 0 saturated heterocycles. The van der Waals surface area contributed by atoms with Crippen molar-refractivity contribution in [3.63, 3.8) is 0 Å². The van der Waals surface area contributed by atoms with Gasteiger partial charge in [0.15, 0.2) is 0 Å². The molecule has 1 amide bonds. The Morgan fingerprint density at radius 2 is 2.00 bits per heavy atom. The monoisotopic (exact) mass is 188 g/mol. The molecule has 0 aromatic heterocycles. The molecule has 0 saturated carbocycles. The number of esters is 1. The second-order valence-corrected chi connectivity index (χ2v) is 2.91. The van der Waals surface area contributed by atoms with Crippen LogP contribution in [0.3, 0.4) is 0 Å². The summed E-state index contributed by atoms with van der Waals surface area (Å²) < 4.78 is 4.34. The molecule has 0 aliphatic heterocycles. The Kier molecular flexibility index (Phi) is 5.88. The van der Waals surface area contributed by atoms with Crippen molar-refractivity contribution in [2.24, 2.45) is 0 Å². The van der Waals surface area contributed by atoms with Crippen LogP contribution >= 0.6 is 0 Å². The highest BCUT2D eigenvalue weighted by molar-refractivity contribution is 5.94. The van der Waals surface area contributed by atoms with E-state index in [9.17, 15) is 9.59 Å². The standard InChI is InChI=1S/C8H16N2O3/c1-10(2)5-4-9-7(11)6-8(12)13-3/h4-6H2,1-3H3,(H,9,11). The molecule has 5 heteroatoms. The molecular formula is C8H16N2O3. The summed E-state index contributed by atoms with van der Waals surface area (Å²) in [6.45, 7) is 1.30. The third-order valence-corrected chi connectivity index (χ3v) is 1.41. The minimum atomic E-state index is -0.512. The summed E-state index contributed by atoms with van der Waals surface area (Å²) in [5, 5.41) is 2.60. The number of rotatable bonds is 5. The number of hydrogen-bond donors (Lipinski definition) is 1. The number of methoxy groups -OCH3 is 1. The fraction of sp³-hybridized carbons (Fsp3) is 0.750. The molecule has 0 aliphatic carbocycles. The van der Waals surface area contributed by atoms with Gasteiger partial charge in [-0.15, -0.1) is 0 Å². The van der Waals surface area contributed by atoms with Crippen molar-refractivity contribution in [3.05, 3.63) is 0 Å². The Hall–Kier alpha value is -1.10. The Labute approximate surface area is 78.0 Å². The number of hydrogen-bond acceptors (Lipinski definition) is 4. The highest BCUT2D eigenvalue weighted by atomic mass is 16.5. The lowest BCUT2D eigenvalue weighted by atomic mass is 10.4. The van der Waals surface area contributed by atoms with Gasteiger partial charge in [-0.25, -0.2) is 0 Å². The van der Waals surface area contributed by atoms with E-state index in [1.165, 1.54) is 7.11 Å². The predicted octanol–water partition coefficient (Wildman–Crippen LogP) is -0.773. The summed E-state index contributed by atoms with van der Waals surface area (Å²) in [6.07, 6.45) is -0.204. The van der Waals surface area contributed by atoms with Gasteiger partial charge in [-0.05, 0) is 14.1 Å². The largest absolute Gasteiger partial charge is 0.469 e. The van der Waals surface area contributed by atoms with Gasteiger partial charge in [0, 0.05) is 13.1 Å². The van der Waals surface area contributed by atoms with E-state index in [2.05, 4.69) is 10.1 Å². The summed E-state index contributed by atoms with van der Waals surface area (Å²) in [4.78, 5) is 23.5. The molecule has 0 atom stereocenters. The van der Waals surface area contributed by atoms with Gasteiger partial charge in [0.25, 0.3) is 0 Å². The molecule has 0 unspecified atom stereocenters. The van der Waals surface area contributed by atoms with Gasteiger partial charge < -0.3 is 15.0 Å². The number of nitrogens with zero attached hydrogens (tertiary/aromatic N) is 1. The van der Waals surface area contributed by atoms with Gasteiger partial charge in [0.1, 0.15) is 6.42 Å². The maximum absolute atomic E-state index is 11.0. The van der Waals surface area contributed by atoms with E-state index in [0.29, 0.717) is 6.54 Å². The number of nitrogens with one attached hydrogen (secondary N) is 1.